The zero-order valence-corrected chi connectivity index (χ0v) is 14.9. The number of rotatable bonds is 6. The molecule has 0 aliphatic heterocycles. The number of hydrogen-bond donors (Lipinski definition) is 0. The van der Waals surface area contributed by atoms with E-state index in [4.69, 9.17) is 5.26 Å². The number of benzene rings is 1. The van der Waals surface area contributed by atoms with Crippen LogP contribution in [0.4, 0.5) is 4.39 Å². The van der Waals surface area contributed by atoms with E-state index in [9.17, 15) is 18.8 Å². The molecule has 0 unspecified atom stereocenters. The van der Waals surface area contributed by atoms with E-state index in [1.54, 1.807) is 25.1 Å². The second kappa shape index (κ2) is 7.58. The van der Waals surface area contributed by atoms with Crippen LogP contribution in [-0.4, -0.2) is 26.5 Å². The van der Waals surface area contributed by atoms with Crippen LogP contribution >= 0.6 is 0 Å². The summed E-state index contributed by atoms with van der Waals surface area (Å²) in [6.45, 7) is 1.80. The number of halogens is 1. The van der Waals surface area contributed by atoms with Crippen LogP contribution in [-0.2, 0) is 17.9 Å². The molecule has 1 aromatic heterocycles. The Bertz CT molecular complexity index is 1030. The van der Waals surface area contributed by atoms with Crippen LogP contribution in [0.15, 0.2) is 40.1 Å². The summed E-state index contributed by atoms with van der Waals surface area (Å²) >= 11 is 0. The molecule has 8 heteroatoms. The van der Waals surface area contributed by atoms with Crippen LogP contribution in [0.1, 0.15) is 36.9 Å². The first-order chi connectivity index (χ1) is 12.9. The van der Waals surface area contributed by atoms with Gasteiger partial charge in [0.15, 0.2) is 0 Å². The number of likely N-dealkylation sites (N-methyl/N-ethyl adjacent to an activating group) is 1. The second-order valence-corrected chi connectivity index (χ2v) is 6.50. The number of amides is 1. The van der Waals surface area contributed by atoms with Gasteiger partial charge in [0, 0.05) is 25.3 Å². The lowest BCUT2D eigenvalue weighted by Crippen LogP contribution is -2.45. The van der Waals surface area contributed by atoms with Crippen LogP contribution in [0.5, 0.6) is 0 Å². The van der Waals surface area contributed by atoms with Crippen molar-refractivity contribution in [1.82, 2.24) is 14.0 Å². The smallest absolute Gasteiger partial charge is 0.331 e. The molecule has 1 aliphatic carbocycles. The molecule has 0 N–H and O–H groups in total. The van der Waals surface area contributed by atoms with Crippen LogP contribution in [0.3, 0.4) is 0 Å². The maximum Gasteiger partial charge on any atom is 0.331 e. The van der Waals surface area contributed by atoms with Crippen LogP contribution in [0.2, 0.25) is 0 Å². The van der Waals surface area contributed by atoms with Gasteiger partial charge in [-0.05, 0) is 37.5 Å². The zero-order chi connectivity index (χ0) is 19.6. The van der Waals surface area contributed by atoms with E-state index >= 15 is 0 Å². The molecule has 140 valence electrons. The minimum absolute atomic E-state index is 0.0267. The van der Waals surface area contributed by atoms with Gasteiger partial charge in [0.05, 0.1) is 0 Å². The molecule has 0 radical (unpaired) electrons. The van der Waals surface area contributed by atoms with Crippen molar-refractivity contribution in [2.45, 2.75) is 38.9 Å². The molecule has 1 aromatic carbocycles. The number of nitrogens with zero attached hydrogens (tertiary/aromatic N) is 4. The molecule has 1 heterocycles. The predicted octanol–water partition coefficient (Wildman–Crippen LogP) is 1.40. The Balaban J connectivity index is 1.88. The molecule has 1 saturated carbocycles. The first-order valence-electron chi connectivity index (χ1n) is 8.73. The van der Waals surface area contributed by atoms with Gasteiger partial charge in [-0.1, -0.05) is 12.1 Å². The number of hydrogen-bond acceptors (Lipinski definition) is 4. The van der Waals surface area contributed by atoms with Crippen LogP contribution < -0.4 is 11.2 Å². The van der Waals surface area contributed by atoms with Gasteiger partial charge in [0.2, 0.25) is 5.91 Å². The average molecular weight is 370 g/mol. The zero-order valence-electron chi connectivity index (χ0n) is 14.9. The van der Waals surface area contributed by atoms with Crippen molar-refractivity contribution in [2.75, 3.05) is 6.54 Å². The quantitative estimate of drug-likeness (QED) is 0.769. The Morgan fingerprint density at radius 3 is 2.70 bits per heavy atom. The molecule has 1 aliphatic rings. The first-order valence-corrected chi connectivity index (χ1v) is 8.73. The van der Waals surface area contributed by atoms with E-state index in [-0.39, 0.29) is 18.2 Å². The van der Waals surface area contributed by atoms with E-state index in [0.717, 1.165) is 17.4 Å². The van der Waals surface area contributed by atoms with E-state index in [2.05, 4.69) is 0 Å². The van der Waals surface area contributed by atoms with Crippen molar-refractivity contribution >= 4 is 5.91 Å². The van der Waals surface area contributed by atoms with Gasteiger partial charge >= 0.3 is 5.69 Å². The van der Waals surface area contributed by atoms with Crippen molar-refractivity contribution < 1.29 is 9.18 Å². The minimum atomic E-state index is -0.769. The van der Waals surface area contributed by atoms with Crippen molar-refractivity contribution in [2.24, 2.45) is 0 Å². The number of aromatic nitrogens is 2. The third-order valence-electron chi connectivity index (χ3n) is 4.55. The normalized spacial score (nSPS) is 13.2. The first kappa shape index (κ1) is 18.6. The fraction of sp³-hybridized carbons (Fsp3) is 0.368. The fourth-order valence-electron chi connectivity index (χ4n) is 2.92. The van der Waals surface area contributed by atoms with Crippen molar-refractivity contribution in [3.8, 4) is 6.07 Å². The lowest BCUT2D eigenvalue weighted by Gasteiger charge is -2.21. The molecule has 0 bridgehead atoms. The molecule has 7 nitrogen and oxygen atoms in total. The van der Waals surface area contributed by atoms with Crippen LogP contribution in [0, 0.1) is 17.1 Å². The summed E-state index contributed by atoms with van der Waals surface area (Å²) < 4.78 is 15.5. The number of carbonyl (C=O) groups is 1. The lowest BCUT2D eigenvalue weighted by atomic mass is 10.2. The standard InChI is InChI=1S/C19H19FN4O3/c1-2-22(10-13-4-3-5-15(20)8-13)17(25)12-24-18(26)14(9-21)11-23(19(24)27)16-6-7-16/h3-5,8,11,16H,2,6-7,10,12H2,1H3. The monoisotopic (exact) mass is 370 g/mol. The van der Waals surface area contributed by atoms with Gasteiger partial charge in [-0.15, -0.1) is 0 Å². The highest BCUT2D eigenvalue weighted by atomic mass is 19.1. The van der Waals surface area contributed by atoms with Gasteiger partial charge in [-0.2, -0.15) is 5.26 Å². The molecular formula is C19H19FN4O3. The number of nitriles is 1. The summed E-state index contributed by atoms with van der Waals surface area (Å²) in [6.07, 6.45) is 2.88. The Labute approximate surface area is 154 Å². The largest absolute Gasteiger partial charge is 0.337 e. The van der Waals surface area contributed by atoms with E-state index in [1.807, 2.05) is 0 Å². The summed E-state index contributed by atoms with van der Waals surface area (Å²) in [5, 5.41) is 9.16. The molecule has 1 fully saturated rings. The minimum Gasteiger partial charge on any atom is -0.337 e. The van der Waals surface area contributed by atoms with Crippen molar-refractivity contribution in [1.29, 1.82) is 5.26 Å². The highest BCUT2D eigenvalue weighted by molar-refractivity contribution is 5.76. The third kappa shape index (κ3) is 3.97. The number of carbonyl (C=O) groups excluding carboxylic acids is 1. The molecule has 0 atom stereocenters. The fourth-order valence-corrected chi connectivity index (χ4v) is 2.92. The Kier molecular flexibility index (Phi) is 5.21. The van der Waals surface area contributed by atoms with Gasteiger partial charge in [0.25, 0.3) is 5.56 Å². The van der Waals surface area contributed by atoms with Gasteiger partial charge in [-0.25, -0.2) is 13.8 Å². The molecule has 0 saturated heterocycles. The maximum atomic E-state index is 13.4. The van der Waals surface area contributed by atoms with E-state index in [0.29, 0.717) is 12.1 Å². The molecule has 0 spiro atoms. The second-order valence-electron chi connectivity index (χ2n) is 6.50. The third-order valence-corrected chi connectivity index (χ3v) is 4.55. The Morgan fingerprint density at radius 1 is 1.37 bits per heavy atom. The SMILES string of the molecule is CCN(Cc1cccc(F)c1)C(=O)Cn1c(=O)c(C#N)cn(C2CC2)c1=O. The lowest BCUT2D eigenvalue weighted by molar-refractivity contribution is -0.132. The molecule has 2 aromatic rings. The van der Waals surface area contributed by atoms with Gasteiger partial charge in [-0.3, -0.25) is 14.2 Å². The average Bonchev–Trinajstić information content (AvgIpc) is 3.48. The van der Waals surface area contributed by atoms with Crippen LogP contribution in [0.25, 0.3) is 0 Å². The summed E-state index contributed by atoms with van der Waals surface area (Å²) in [5.74, 6) is -0.848. The highest BCUT2D eigenvalue weighted by Crippen LogP contribution is 2.33. The predicted molar refractivity (Wildman–Crippen MR) is 95.4 cm³/mol. The highest BCUT2D eigenvalue weighted by Gasteiger charge is 2.27. The van der Waals surface area contributed by atoms with Crippen molar-refractivity contribution in [3.05, 3.63) is 68.2 Å². The molecule has 27 heavy (non-hydrogen) atoms. The Hall–Kier alpha value is -3.21. The molecular weight excluding hydrogens is 351 g/mol. The Morgan fingerprint density at radius 2 is 2.11 bits per heavy atom. The summed E-state index contributed by atoms with van der Waals surface area (Å²) in [7, 11) is 0. The summed E-state index contributed by atoms with van der Waals surface area (Å²) in [4.78, 5) is 39.1. The van der Waals surface area contributed by atoms with E-state index < -0.39 is 29.5 Å². The van der Waals surface area contributed by atoms with E-state index in [1.165, 1.54) is 27.8 Å². The van der Waals surface area contributed by atoms with Crippen molar-refractivity contribution in [3.63, 3.8) is 0 Å². The molecule has 1 amide bonds. The van der Waals surface area contributed by atoms with Gasteiger partial charge in [0.1, 0.15) is 24.0 Å². The molecule has 3 rings (SSSR count). The topological polar surface area (TPSA) is 88.1 Å². The maximum absolute atomic E-state index is 13.4. The summed E-state index contributed by atoms with van der Waals surface area (Å²) in [5.41, 5.74) is -0.910. The van der Waals surface area contributed by atoms with Gasteiger partial charge < -0.3 is 4.90 Å². The summed E-state index contributed by atoms with van der Waals surface area (Å²) in [6, 6.07) is 7.66.